The highest BCUT2D eigenvalue weighted by Crippen LogP contribution is 2.24. The van der Waals surface area contributed by atoms with Crippen LogP contribution < -0.4 is 0 Å². The van der Waals surface area contributed by atoms with Crippen molar-refractivity contribution in [2.75, 3.05) is 20.1 Å². The second-order valence-corrected chi connectivity index (χ2v) is 6.87. The summed E-state index contributed by atoms with van der Waals surface area (Å²) in [5, 5.41) is 0. The molecule has 0 fully saturated rings. The van der Waals surface area contributed by atoms with Crippen molar-refractivity contribution >= 4 is 5.91 Å². The Labute approximate surface area is 148 Å². The molecular weight excluding hydrogens is 317 g/mol. The van der Waals surface area contributed by atoms with Gasteiger partial charge in [-0.1, -0.05) is 19.1 Å². The molecule has 1 aliphatic rings. The normalized spacial score (nSPS) is 14.4. The largest absolute Gasteiger partial charge is 0.343 e. The van der Waals surface area contributed by atoms with Crippen molar-refractivity contribution in [1.82, 2.24) is 14.4 Å². The van der Waals surface area contributed by atoms with Gasteiger partial charge in [0.05, 0.1) is 0 Å². The number of hydrogen-bond donors (Lipinski definition) is 0. The van der Waals surface area contributed by atoms with Crippen LogP contribution >= 0.6 is 0 Å². The molecule has 2 heterocycles. The first-order valence-electron chi connectivity index (χ1n) is 8.89. The van der Waals surface area contributed by atoms with Gasteiger partial charge < -0.3 is 9.47 Å². The summed E-state index contributed by atoms with van der Waals surface area (Å²) in [4.78, 5) is 16.8. The Morgan fingerprint density at radius 1 is 1.28 bits per heavy atom. The number of amides is 1. The van der Waals surface area contributed by atoms with Crippen molar-refractivity contribution in [2.45, 2.75) is 32.9 Å². The minimum absolute atomic E-state index is 0.0869. The third-order valence-corrected chi connectivity index (χ3v) is 4.95. The van der Waals surface area contributed by atoms with Crippen LogP contribution in [0.15, 0.2) is 30.3 Å². The van der Waals surface area contributed by atoms with Crippen molar-refractivity contribution in [2.24, 2.45) is 7.05 Å². The summed E-state index contributed by atoms with van der Waals surface area (Å²) in [6.07, 6.45) is 1.88. The van der Waals surface area contributed by atoms with Gasteiger partial charge in [-0.15, -0.1) is 0 Å². The topological polar surface area (TPSA) is 28.5 Å². The van der Waals surface area contributed by atoms with E-state index in [0.717, 1.165) is 50.3 Å². The molecule has 0 unspecified atom stereocenters. The fourth-order valence-electron chi connectivity index (χ4n) is 3.58. The Kier molecular flexibility index (Phi) is 5.23. The van der Waals surface area contributed by atoms with E-state index in [1.54, 1.807) is 4.90 Å². The predicted octanol–water partition coefficient (Wildman–Crippen LogP) is 3.20. The quantitative estimate of drug-likeness (QED) is 0.834. The molecule has 0 aliphatic carbocycles. The Morgan fingerprint density at radius 2 is 2.00 bits per heavy atom. The average Bonchev–Trinajstić information content (AvgIpc) is 2.93. The highest BCUT2D eigenvalue weighted by molar-refractivity contribution is 5.93. The molecule has 1 aromatic heterocycles. The molecule has 134 valence electrons. The van der Waals surface area contributed by atoms with Crippen LogP contribution in [0.4, 0.5) is 4.39 Å². The Hall–Kier alpha value is -2.14. The number of carbonyl (C=O) groups excluding carboxylic acids is 1. The van der Waals surface area contributed by atoms with Gasteiger partial charge in [-0.05, 0) is 35.7 Å². The zero-order chi connectivity index (χ0) is 18.0. The van der Waals surface area contributed by atoms with Crippen molar-refractivity contribution in [3.63, 3.8) is 0 Å². The van der Waals surface area contributed by atoms with Gasteiger partial charge in [-0.25, -0.2) is 4.39 Å². The lowest BCUT2D eigenvalue weighted by Gasteiger charge is -2.27. The zero-order valence-electron chi connectivity index (χ0n) is 15.3. The second-order valence-electron chi connectivity index (χ2n) is 6.87. The SMILES string of the molecule is CCCN(C)C(=O)c1cc2c(n1C)CCN(Cc1ccc(F)cc1)C2. The number of rotatable bonds is 5. The van der Waals surface area contributed by atoms with Crippen LogP contribution in [0.2, 0.25) is 0 Å². The molecule has 3 rings (SSSR count). The van der Waals surface area contributed by atoms with E-state index in [1.165, 1.54) is 23.4 Å². The summed E-state index contributed by atoms with van der Waals surface area (Å²) in [7, 11) is 3.85. The molecule has 2 aromatic rings. The number of carbonyl (C=O) groups is 1. The summed E-state index contributed by atoms with van der Waals surface area (Å²) in [5.41, 5.74) is 4.36. The van der Waals surface area contributed by atoms with E-state index in [-0.39, 0.29) is 11.7 Å². The van der Waals surface area contributed by atoms with Gasteiger partial charge in [0.25, 0.3) is 5.91 Å². The van der Waals surface area contributed by atoms with E-state index in [4.69, 9.17) is 0 Å². The lowest BCUT2D eigenvalue weighted by atomic mass is 10.1. The van der Waals surface area contributed by atoms with Crippen molar-refractivity contribution < 1.29 is 9.18 Å². The maximum absolute atomic E-state index is 13.1. The van der Waals surface area contributed by atoms with E-state index >= 15 is 0 Å². The fourth-order valence-corrected chi connectivity index (χ4v) is 3.58. The lowest BCUT2D eigenvalue weighted by molar-refractivity contribution is 0.0785. The summed E-state index contributed by atoms with van der Waals surface area (Å²) in [6.45, 7) is 5.41. The maximum atomic E-state index is 13.1. The number of nitrogens with zero attached hydrogens (tertiary/aromatic N) is 3. The summed E-state index contributed by atoms with van der Waals surface area (Å²) in [6, 6.07) is 8.73. The highest BCUT2D eigenvalue weighted by atomic mass is 19.1. The zero-order valence-corrected chi connectivity index (χ0v) is 15.3. The summed E-state index contributed by atoms with van der Waals surface area (Å²) in [5.74, 6) is -0.115. The third-order valence-electron chi connectivity index (χ3n) is 4.95. The maximum Gasteiger partial charge on any atom is 0.270 e. The van der Waals surface area contributed by atoms with E-state index in [0.29, 0.717) is 0 Å². The number of aromatic nitrogens is 1. The summed E-state index contributed by atoms with van der Waals surface area (Å²) >= 11 is 0. The summed E-state index contributed by atoms with van der Waals surface area (Å²) < 4.78 is 15.1. The van der Waals surface area contributed by atoms with E-state index in [2.05, 4.69) is 16.4 Å². The first-order chi connectivity index (χ1) is 12.0. The molecule has 1 aliphatic heterocycles. The smallest absolute Gasteiger partial charge is 0.270 e. The first kappa shape index (κ1) is 17.7. The molecule has 1 aromatic carbocycles. The molecule has 0 N–H and O–H groups in total. The minimum atomic E-state index is -0.202. The molecule has 0 atom stereocenters. The molecule has 0 radical (unpaired) electrons. The van der Waals surface area contributed by atoms with Gasteiger partial charge >= 0.3 is 0 Å². The molecular formula is C20H26FN3O. The first-order valence-corrected chi connectivity index (χ1v) is 8.89. The van der Waals surface area contributed by atoms with Gasteiger partial charge in [-0.3, -0.25) is 9.69 Å². The van der Waals surface area contributed by atoms with Crippen molar-refractivity contribution in [3.8, 4) is 0 Å². The fraction of sp³-hybridized carbons (Fsp3) is 0.450. The van der Waals surface area contributed by atoms with Gasteiger partial charge in [0, 0.05) is 52.4 Å². The van der Waals surface area contributed by atoms with Crippen LogP contribution in [0.3, 0.4) is 0 Å². The molecule has 4 nitrogen and oxygen atoms in total. The predicted molar refractivity (Wildman–Crippen MR) is 96.9 cm³/mol. The molecule has 0 saturated heterocycles. The van der Waals surface area contributed by atoms with Crippen LogP contribution in [0.25, 0.3) is 0 Å². The molecule has 0 bridgehead atoms. The van der Waals surface area contributed by atoms with Gasteiger partial charge in [0.1, 0.15) is 11.5 Å². The van der Waals surface area contributed by atoms with Crippen LogP contribution in [0.5, 0.6) is 0 Å². The standard InChI is InChI=1S/C20H26FN3O/c1-4-10-22(2)20(25)19-12-16-14-24(11-9-18(16)23(19)3)13-15-5-7-17(21)8-6-15/h5-8,12H,4,9-11,13-14H2,1-3H3. The van der Waals surface area contributed by atoms with Crippen LogP contribution in [-0.4, -0.2) is 40.4 Å². The Balaban J connectivity index is 1.74. The lowest BCUT2D eigenvalue weighted by Crippen LogP contribution is -2.31. The van der Waals surface area contributed by atoms with E-state index in [9.17, 15) is 9.18 Å². The number of fused-ring (bicyclic) bond motifs is 1. The molecule has 25 heavy (non-hydrogen) atoms. The number of benzene rings is 1. The molecule has 0 spiro atoms. The van der Waals surface area contributed by atoms with Gasteiger partial charge in [0.15, 0.2) is 0 Å². The van der Waals surface area contributed by atoms with Gasteiger partial charge in [0.2, 0.25) is 0 Å². The van der Waals surface area contributed by atoms with Gasteiger partial charge in [-0.2, -0.15) is 0 Å². The molecule has 5 heteroatoms. The Bertz CT molecular complexity index is 751. The number of hydrogen-bond acceptors (Lipinski definition) is 2. The molecule has 1 amide bonds. The van der Waals surface area contributed by atoms with Crippen molar-refractivity contribution in [3.05, 3.63) is 58.7 Å². The van der Waals surface area contributed by atoms with Crippen LogP contribution in [0, 0.1) is 5.82 Å². The molecule has 0 saturated carbocycles. The highest BCUT2D eigenvalue weighted by Gasteiger charge is 2.24. The monoisotopic (exact) mass is 343 g/mol. The van der Waals surface area contributed by atoms with Crippen LogP contribution in [-0.2, 0) is 26.6 Å². The third kappa shape index (κ3) is 3.76. The van der Waals surface area contributed by atoms with Crippen LogP contribution in [0.1, 0.15) is 40.7 Å². The average molecular weight is 343 g/mol. The van der Waals surface area contributed by atoms with Crippen molar-refractivity contribution in [1.29, 1.82) is 0 Å². The second kappa shape index (κ2) is 7.40. The van der Waals surface area contributed by atoms with E-state index < -0.39 is 0 Å². The minimum Gasteiger partial charge on any atom is -0.343 e. The Morgan fingerprint density at radius 3 is 2.68 bits per heavy atom. The van der Waals surface area contributed by atoms with E-state index in [1.807, 2.05) is 32.3 Å². The number of halogens is 1.